The number of ether oxygens (including phenoxy) is 2. The van der Waals surface area contributed by atoms with E-state index in [1.807, 2.05) is 19.1 Å². The smallest absolute Gasteiger partial charge is 0.303 e. The summed E-state index contributed by atoms with van der Waals surface area (Å²) >= 11 is 0. The molecule has 0 amide bonds. The average molecular weight is 420 g/mol. The van der Waals surface area contributed by atoms with Gasteiger partial charge in [-0.25, -0.2) is 4.98 Å². The second-order valence-electron chi connectivity index (χ2n) is 8.39. The maximum atomic E-state index is 11.3. The SMILES string of the molecule is CC(=O)OC1CCc2cc(OCCc3nc(-c4ccc(C(C)C)cc4)oc3C)ccc21. The highest BCUT2D eigenvalue weighted by atomic mass is 16.5. The van der Waals surface area contributed by atoms with Gasteiger partial charge in [0.15, 0.2) is 0 Å². The Morgan fingerprint density at radius 2 is 1.97 bits per heavy atom. The predicted octanol–water partition coefficient (Wildman–Crippen LogP) is 5.95. The van der Waals surface area contributed by atoms with Gasteiger partial charge >= 0.3 is 5.97 Å². The normalized spacial score (nSPS) is 15.2. The molecule has 5 heteroatoms. The van der Waals surface area contributed by atoms with Crippen LogP contribution >= 0.6 is 0 Å². The van der Waals surface area contributed by atoms with Crippen LogP contribution in [0, 0.1) is 6.92 Å². The lowest BCUT2D eigenvalue weighted by molar-refractivity contribution is -0.146. The quantitative estimate of drug-likeness (QED) is 0.443. The van der Waals surface area contributed by atoms with Crippen molar-refractivity contribution in [3.63, 3.8) is 0 Å². The molecule has 0 saturated carbocycles. The van der Waals surface area contributed by atoms with Gasteiger partial charge in [0.1, 0.15) is 17.6 Å². The van der Waals surface area contributed by atoms with Crippen LogP contribution in [0.25, 0.3) is 11.5 Å². The zero-order valence-corrected chi connectivity index (χ0v) is 18.6. The monoisotopic (exact) mass is 419 g/mol. The maximum absolute atomic E-state index is 11.3. The van der Waals surface area contributed by atoms with Gasteiger partial charge in [0, 0.05) is 18.9 Å². The van der Waals surface area contributed by atoms with Gasteiger partial charge in [-0.2, -0.15) is 0 Å². The third-order valence-corrected chi connectivity index (χ3v) is 5.77. The zero-order valence-electron chi connectivity index (χ0n) is 18.6. The van der Waals surface area contributed by atoms with E-state index in [2.05, 4.69) is 49.2 Å². The number of fused-ring (bicyclic) bond motifs is 1. The first kappa shape index (κ1) is 21.2. The molecule has 0 bridgehead atoms. The highest BCUT2D eigenvalue weighted by Gasteiger charge is 2.25. The van der Waals surface area contributed by atoms with Crippen molar-refractivity contribution in [2.45, 2.75) is 59.0 Å². The predicted molar refractivity (Wildman–Crippen MR) is 119 cm³/mol. The summed E-state index contributed by atoms with van der Waals surface area (Å²) in [5.41, 5.74) is 5.48. The molecule has 5 nitrogen and oxygen atoms in total. The van der Waals surface area contributed by atoms with E-state index >= 15 is 0 Å². The highest BCUT2D eigenvalue weighted by molar-refractivity contribution is 5.66. The number of carbonyl (C=O) groups is 1. The van der Waals surface area contributed by atoms with Crippen LogP contribution in [0.1, 0.15) is 67.4 Å². The fraction of sp³-hybridized carbons (Fsp3) is 0.385. The van der Waals surface area contributed by atoms with Crippen LogP contribution in [0.2, 0.25) is 0 Å². The molecular formula is C26H29NO4. The Morgan fingerprint density at radius 3 is 2.68 bits per heavy atom. The summed E-state index contributed by atoms with van der Waals surface area (Å²) in [5, 5.41) is 0. The molecule has 2 aromatic carbocycles. The first-order chi connectivity index (χ1) is 14.9. The number of aryl methyl sites for hydroxylation is 2. The van der Waals surface area contributed by atoms with Gasteiger partial charge in [-0.05, 0) is 66.6 Å². The number of esters is 1. The van der Waals surface area contributed by atoms with E-state index in [4.69, 9.17) is 13.9 Å². The molecule has 1 aliphatic rings. The summed E-state index contributed by atoms with van der Waals surface area (Å²) < 4.78 is 17.3. The number of aromatic nitrogens is 1. The van der Waals surface area contributed by atoms with E-state index in [1.165, 1.54) is 18.1 Å². The van der Waals surface area contributed by atoms with E-state index in [9.17, 15) is 4.79 Å². The van der Waals surface area contributed by atoms with Crippen molar-refractivity contribution < 1.29 is 18.7 Å². The lowest BCUT2D eigenvalue weighted by Gasteiger charge is -2.12. The number of oxazole rings is 1. The summed E-state index contributed by atoms with van der Waals surface area (Å²) in [4.78, 5) is 15.9. The maximum Gasteiger partial charge on any atom is 0.303 e. The van der Waals surface area contributed by atoms with E-state index in [0.717, 1.165) is 41.2 Å². The minimum atomic E-state index is -0.239. The first-order valence-corrected chi connectivity index (χ1v) is 10.9. The molecule has 1 aliphatic carbocycles. The van der Waals surface area contributed by atoms with Crippen LogP contribution in [0.15, 0.2) is 46.9 Å². The van der Waals surface area contributed by atoms with Gasteiger partial charge in [0.25, 0.3) is 0 Å². The van der Waals surface area contributed by atoms with Gasteiger partial charge in [0.2, 0.25) is 5.89 Å². The number of carbonyl (C=O) groups excluding carboxylic acids is 1. The van der Waals surface area contributed by atoms with Gasteiger partial charge in [-0.3, -0.25) is 4.79 Å². The molecule has 1 heterocycles. The molecule has 1 atom stereocenters. The average Bonchev–Trinajstić information content (AvgIpc) is 3.31. The second-order valence-corrected chi connectivity index (χ2v) is 8.39. The Labute approximate surface area is 183 Å². The van der Waals surface area contributed by atoms with Crippen LogP contribution in [0.4, 0.5) is 0 Å². The van der Waals surface area contributed by atoms with Crippen molar-refractivity contribution in [1.29, 1.82) is 0 Å². The summed E-state index contributed by atoms with van der Waals surface area (Å²) in [7, 11) is 0. The van der Waals surface area contributed by atoms with Gasteiger partial charge in [0.05, 0.1) is 12.3 Å². The van der Waals surface area contributed by atoms with Gasteiger partial charge in [-0.15, -0.1) is 0 Å². The minimum absolute atomic E-state index is 0.132. The third-order valence-electron chi connectivity index (χ3n) is 5.77. The molecule has 0 N–H and O–H groups in total. The van der Waals surface area contributed by atoms with Crippen molar-refractivity contribution >= 4 is 5.97 Å². The largest absolute Gasteiger partial charge is 0.493 e. The van der Waals surface area contributed by atoms with Crippen molar-refractivity contribution in [2.75, 3.05) is 6.61 Å². The zero-order chi connectivity index (χ0) is 22.0. The Bertz CT molecular complexity index is 1070. The van der Waals surface area contributed by atoms with Crippen LogP contribution in [-0.2, 0) is 22.4 Å². The van der Waals surface area contributed by atoms with Crippen LogP contribution in [-0.4, -0.2) is 17.6 Å². The summed E-state index contributed by atoms with van der Waals surface area (Å²) in [6, 6.07) is 14.4. The van der Waals surface area contributed by atoms with E-state index in [1.54, 1.807) is 0 Å². The van der Waals surface area contributed by atoms with Crippen molar-refractivity contribution in [2.24, 2.45) is 0 Å². The van der Waals surface area contributed by atoms with E-state index < -0.39 is 0 Å². The number of benzene rings is 2. The lowest BCUT2D eigenvalue weighted by atomic mass is 10.0. The molecule has 0 fully saturated rings. The third kappa shape index (κ3) is 4.82. The Morgan fingerprint density at radius 1 is 1.19 bits per heavy atom. The first-order valence-electron chi connectivity index (χ1n) is 10.9. The Kier molecular flexibility index (Phi) is 6.12. The van der Waals surface area contributed by atoms with Gasteiger partial charge < -0.3 is 13.9 Å². The Hall–Kier alpha value is -3.08. The molecular weight excluding hydrogens is 390 g/mol. The molecule has 3 aromatic rings. The van der Waals surface area contributed by atoms with Crippen LogP contribution < -0.4 is 4.74 Å². The van der Waals surface area contributed by atoms with Gasteiger partial charge in [-0.1, -0.05) is 32.0 Å². The number of hydrogen-bond donors (Lipinski definition) is 0. The highest BCUT2D eigenvalue weighted by Crippen LogP contribution is 2.36. The Balaban J connectivity index is 1.37. The van der Waals surface area contributed by atoms with E-state index in [-0.39, 0.29) is 12.1 Å². The molecule has 1 aromatic heterocycles. The molecule has 0 saturated heterocycles. The van der Waals surface area contributed by atoms with Crippen LogP contribution in [0.5, 0.6) is 5.75 Å². The molecule has 0 aliphatic heterocycles. The fourth-order valence-corrected chi connectivity index (χ4v) is 4.03. The van der Waals surface area contributed by atoms with Crippen molar-refractivity contribution in [3.8, 4) is 17.2 Å². The van der Waals surface area contributed by atoms with Crippen LogP contribution in [0.3, 0.4) is 0 Å². The molecule has 162 valence electrons. The van der Waals surface area contributed by atoms with Crippen molar-refractivity contribution in [3.05, 3.63) is 70.6 Å². The standard InChI is InChI=1S/C26H29NO4/c1-16(2)19-5-7-20(8-6-19)26-27-24(17(3)30-26)13-14-29-22-10-11-23-21(15-22)9-12-25(23)31-18(4)28/h5-8,10-11,15-16,25H,9,12-14H2,1-4H3. The molecule has 31 heavy (non-hydrogen) atoms. The number of rotatable bonds is 7. The fourth-order valence-electron chi connectivity index (χ4n) is 4.03. The number of nitrogens with zero attached hydrogens (tertiary/aromatic N) is 1. The number of hydrogen-bond acceptors (Lipinski definition) is 5. The molecule has 0 spiro atoms. The molecule has 0 radical (unpaired) electrons. The second kappa shape index (κ2) is 8.96. The summed E-state index contributed by atoms with van der Waals surface area (Å²) in [5.74, 6) is 2.56. The lowest BCUT2D eigenvalue weighted by Crippen LogP contribution is -2.05. The summed E-state index contributed by atoms with van der Waals surface area (Å²) in [6.45, 7) is 8.28. The molecule has 1 unspecified atom stereocenters. The molecule has 4 rings (SSSR count). The van der Waals surface area contributed by atoms with E-state index in [0.29, 0.717) is 24.8 Å². The van der Waals surface area contributed by atoms with Crippen molar-refractivity contribution in [1.82, 2.24) is 4.98 Å². The summed E-state index contributed by atoms with van der Waals surface area (Å²) in [6.07, 6.45) is 2.27. The minimum Gasteiger partial charge on any atom is -0.493 e. The topological polar surface area (TPSA) is 61.6 Å².